The van der Waals surface area contributed by atoms with E-state index < -0.39 is 0 Å². The Bertz CT molecular complexity index is 364. The second-order valence-electron chi connectivity index (χ2n) is 2.67. The predicted molar refractivity (Wildman–Crippen MR) is 47.3 cm³/mol. The Morgan fingerprint density at radius 2 is 1.92 bits per heavy atom. The third-order valence-corrected chi connectivity index (χ3v) is 2.00. The summed E-state index contributed by atoms with van der Waals surface area (Å²) in [6.45, 7) is 0. The molecule has 1 aromatic rings. The van der Waals surface area contributed by atoms with Gasteiger partial charge >= 0.3 is 0 Å². The minimum Gasteiger partial charge on any atom is -0.496 e. The summed E-state index contributed by atoms with van der Waals surface area (Å²) in [4.78, 5) is 10.6. The first-order valence-corrected chi connectivity index (χ1v) is 3.70. The largest absolute Gasteiger partial charge is 0.496 e. The highest BCUT2D eigenvalue weighted by Crippen LogP contribution is 2.30. The molecule has 0 heterocycles. The molecule has 0 aromatic heterocycles. The fourth-order valence-corrected chi connectivity index (χ4v) is 1.27. The molecular weight excluding hydrogens is 152 g/mol. The van der Waals surface area contributed by atoms with Crippen LogP contribution in [0.1, 0.15) is 21.5 Å². The van der Waals surface area contributed by atoms with Crippen molar-refractivity contribution in [1.29, 1.82) is 0 Å². The maximum Gasteiger partial charge on any atom is 0.153 e. The van der Waals surface area contributed by atoms with Gasteiger partial charge < -0.3 is 4.74 Å². The molecule has 0 atom stereocenters. The third-order valence-electron chi connectivity index (χ3n) is 2.00. The van der Waals surface area contributed by atoms with Gasteiger partial charge in [-0.2, -0.15) is 0 Å². The van der Waals surface area contributed by atoms with Crippen molar-refractivity contribution in [3.8, 4) is 5.75 Å². The Morgan fingerprint density at radius 1 is 1.25 bits per heavy atom. The smallest absolute Gasteiger partial charge is 0.153 e. The van der Waals surface area contributed by atoms with E-state index in [0.29, 0.717) is 11.3 Å². The van der Waals surface area contributed by atoms with Crippen LogP contribution in [0.2, 0.25) is 0 Å². The van der Waals surface area contributed by atoms with Crippen LogP contribution in [0, 0.1) is 0 Å². The third kappa shape index (κ3) is 0.848. The molecule has 1 aliphatic rings. The highest BCUT2D eigenvalue weighted by molar-refractivity contribution is 5.91. The average Bonchev–Trinajstić information content (AvgIpc) is 2.07. The van der Waals surface area contributed by atoms with Gasteiger partial charge in [-0.15, -0.1) is 0 Å². The van der Waals surface area contributed by atoms with Crippen LogP contribution in [0.5, 0.6) is 5.75 Å². The maximum absolute atomic E-state index is 10.6. The molecule has 60 valence electrons. The molecule has 0 N–H and O–H groups in total. The SMILES string of the molecule is COc1cc2c(cc1C=O)C=C2. The number of hydrogen-bond donors (Lipinski definition) is 0. The van der Waals surface area contributed by atoms with E-state index in [-0.39, 0.29) is 0 Å². The van der Waals surface area contributed by atoms with Gasteiger partial charge in [0.05, 0.1) is 12.7 Å². The Hall–Kier alpha value is -1.57. The van der Waals surface area contributed by atoms with Crippen LogP contribution in [0.15, 0.2) is 12.1 Å². The minimum atomic E-state index is 0.612. The molecule has 2 heteroatoms. The first-order chi connectivity index (χ1) is 5.85. The summed E-state index contributed by atoms with van der Waals surface area (Å²) in [5, 5.41) is 0. The monoisotopic (exact) mass is 160 g/mol. The second kappa shape index (κ2) is 2.48. The van der Waals surface area contributed by atoms with Crippen LogP contribution in [0.4, 0.5) is 0 Å². The molecule has 0 saturated carbocycles. The number of aldehydes is 1. The van der Waals surface area contributed by atoms with Gasteiger partial charge in [0.1, 0.15) is 5.75 Å². The lowest BCUT2D eigenvalue weighted by molar-refractivity contribution is 0.112. The van der Waals surface area contributed by atoms with Crippen LogP contribution in [-0.4, -0.2) is 13.4 Å². The zero-order chi connectivity index (χ0) is 8.55. The molecule has 2 nitrogen and oxygen atoms in total. The summed E-state index contributed by atoms with van der Waals surface area (Å²) >= 11 is 0. The van der Waals surface area contributed by atoms with E-state index in [9.17, 15) is 4.79 Å². The van der Waals surface area contributed by atoms with Crippen molar-refractivity contribution in [3.63, 3.8) is 0 Å². The molecule has 2 rings (SSSR count). The predicted octanol–water partition coefficient (Wildman–Crippen LogP) is 1.99. The van der Waals surface area contributed by atoms with Gasteiger partial charge in [-0.05, 0) is 23.3 Å². The number of methoxy groups -OCH3 is 1. The fourth-order valence-electron chi connectivity index (χ4n) is 1.27. The maximum atomic E-state index is 10.6. The van der Waals surface area contributed by atoms with Gasteiger partial charge in [0, 0.05) is 0 Å². The number of rotatable bonds is 2. The van der Waals surface area contributed by atoms with E-state index in [1.165, 1.54) is 0 Å². The molecular formula is C10H8O2. The molecule has 0 radical (unpaired) electrons. The van der Waals surface area contributed by atoms with E-state index in [1.807, 2.05) is 24.3 Å². The van der Waals surface area contributed by atoms with E-state index in [4.69, 9.17) is 4.74 Å². The van der Waals surface area contributed by atoms with Gasteiger partial charge in [-0.25, -0.2) is 0 Å². The lowest BCUT2D eigenvalue weighted by Gasteiger charge is -2.13. The molecule has 0 amide bonds. The van der Waals surface area contributed by atoms with Gasteiger partial charge in [-0.3, -0.25) is 4.79 Å². The summed E-state index contributed by atoms with van der Waals surface area (Å²) in [7, 11) is 1.57. The first kappa shape index (κ1) is 7.10. The number of fused-ring (bicyclic) bond motifs is 1. The molecule has 0 aliphatic heterocycles. The molecule has 1 aromatic carbocycles. The van der Waals surface area contributed by atoms with Crippen LogP contribution in [-0.2, 0) is 0 Å². The van der Waals surface area contributed by atoms with Crippen LogP contribution in [0.25, 0.3) is 12.2 Å². The Kier molecular flexibility index (Phi) is 1.47. The van der Waals surface area contributed by atoms with E-state index in [0.717, 1.165) is 17.4 Å². The Morgan fingerprint density at radius 3 is 2.42 bits per heavy atom. The van der Waals surface area contributed by atoms with E-state index >= 15 is 0 Å². The van der Waals surface area contributed by atoms with E-state index in [2.05, 4.69) is 0 Å². The molecule has 0 saturated heterocycles. The van der Waals surface area contributed by atoms with Crippen molar-refractivity contribution >= 4 is 18.4 Å². The summed E-state index contributed by atoms with van der Waals surface area (Å²) in [6.07, 6.45) is 4.78. The van der Waals surface area contributed by atoms with Gasteiger partial charge in [0.2, 0.25) is 0 Å². The zero-order valence-electron chi connectivity index (χ0n) is 6.70. The van der Waals surface area contributed by atoms with Gasteiger partial charge in [0.15, 0.2) is 6.29 Å². The molecule has 12 heavy (non-hydrogen) atoms. The normalized spacial score (nSPS) is 11.8. The van der Waals surface area contributed by atoms with Crippen molar-refractivity contribution in [1.82, 2.24) is 0 Å². The summed E-state index contributed by atoms with van der Waals surface area (Å²) in [5.41, 5.74) is 2.86. The summed E-state index contributed by atoms with van der Waals surface area (Å²) in [5.74, 6) is 0.646. The van der Waals surface area contributed by atoms with Crippen LogP contribution in [0.3, 0.4) is 0 Å². The van der Waals surface area contributed by atoms with Crippen LogP contribution >= 0.6 is 0 Å². The van der Waals surface area contributed by atoms with Crippen molar-refractivity contribution in [3.05, 3.63) is 28.8 Å². The molecule has 0 bridgehead atoms. The first-order valence-electron chi connectivity index (χ1n) is 3.70. The van der Waals surface area contributed by atoms with Crippen molar-refractivity contribution < 1.29 is 9.53 Å². The lowest BCUT2D eigenvalue weighted by Crippen LogP contribution is -1.96. The van der Waals surface area contributed by atoms with E-state index in [1.54, 1.807) is 7.11 Å². The summed E-state index contributed by atoms with van der Waals surface area (Å²) < 4.78 is 5.04. The Balaban J connectivity index is 2.56. The van der Waals surface area contributed by atoms with Crippen LogP contribution < -0.4 is 4.74 Å². The minimum absolute atomic E-state index is 0.612. The molecule has 0 fully saturated rings. The number of ether oxygens (including phenoxy) is 1. The quantitative estimate of drug-likeness (QED) is 0.628. The van der Waals surface area contributed by atoms with Crippen molar-refractivity contribution in [2.45, 2.75) is 0 Å². The topological polar surface area (TPSA) is 26.3 Å². The van der Waals surface area contributed by atoms with Crippen molar-refractivity contribution in [2.24, 2.45) is 0 Å². The second-order valence-corrected chi connectivity index (χ2v) is 2.67. The average molecular weight is 160 g/mol. The Labute approximate surface area is 70.5 Å². The highest BCUT2D eigenvalue weighted by atomic mass is 16.5. The fraction of sp³-hybridized carbons (Fsp3) is 0.100. The number of benzene rings is 1. The number of hydrogen-bond acceptors (Lipinski definition) is 2. The molecule has 1 aliphatic carbocycles. The number of carbonyl (C=O) groups excluding carboxylic acids is 1. The zero-order valence-corrected chi connectivity index (χ0v) is 6.70. The molecule has 0 spiro atoms. The van der Waals surface area contributed by atoms with Gasteiger partial charge in [-0.1, -0.05) is 12.2 Å². The standard InChI is InChI=1S/C10H8O2/c1-12-10-5-8-3-2-7(8)4-9(10)6-11/h2-6H,1H3. The molecule has 0 unspecified atom stereocenters. The lowest BCUT2D eigenvalue weighted by atomic mass is 9.95. The highest BCUT2D eigenvalue weighted by Gasteiger charge is 2.10. The number of carbonyl (C=O) groups is 1. The summed E-state index contributed by atoms with van der Waals surface area (Å²) in [6, 6.07) is 3.71. The van der Waals surface area contributed by atoms with Gasteiger partial charge in [0.25, 0.3) is 0 Å². The van der Waals surface area contributed by atoms with Crippen molar-refractivity contribution in [2.75, 3.05) is 7.11 Å².